The number of benzene rings is 2. The fraction of sp³-hybridized carbons (Fsp3) is 0.304. The number of hydrogen-bond donors (Lipinski definition) is 5. The zero-order chi connectivity index (χ0) is 23.9. The number of carbonyl (C=O) groups is 2. The van der Waals surface area contributed by atoms with Crippen LogP contribution in [0.2, 0.25) is 0 Å². The molecule has 1 aromatic heterocycles. The van der Waals surface area contributed by atoms with Crippen LogP contribution < -0.4 is 26.6 Å². The zero-order valence-corrected chi connectivity index (χ0v) is 20.1. The molecule has 2 amide bonds. The summed E-state index contributed by atoms with van der Waals surface area (Å²) in [5.74, 6) is -0.915. The second-order valence-corrected chi connectivity index (χ2v) is 9.39. The molecule has 176 valence electrons. The molecule has 2 aliphatic heterocycles. The van der Waals surface area contributed by atoms with E-state index in [1.165, 1.54) is 6.34 Å². The molecule has 11 heteroatoms. The van der Waals surface area contributed by atoms with E-state index in [0.717, 1.165) is 52.9 Å². The summed E-state index contributed by atoms with van der Waals surface area (Å²) >= 11 is 3.44. The molecule has 0 radical (unpaired) electrons. The van der Waals surface area contributed by atoms with Crippen molar-refractivity contribution in [3.05, 3.63) is 52.0 Å². The van der Waals surface area contributed by atoms with E-state index >= 15 is 0 Å². The normalized spacial score (nSPS) is 22.1. The monoisotopic (exact) mass is 524 g/mol. The Kier molecular flexibility index (Phi) is 5.74. The number of hydrogen-bond acceptors (Lipinski definition) is 7. The van der Waals surface area contributed by atoms with Gasteiger partial charge in [-0.1, -0.05) is 22.0 Å². The van der Waals surface area contributed by atoms with E-state index in [1.54, 1.807) is 6.07 Å². The highest BCUT2D eigenvalue weighted by Crippen LogP contribution is 2.34. The number of aryl methyl sites for hydroxylation is 1. The summed E-state index contributed by atoms with van der Waals surface area (Å²) in [7, 11) is 0. The van der Waals surface area contributed by atoms with Gasteiger partial charge >= 0.3 is 0 Å². The summed E-state index contributed by atoms with van der Waals surface area (Å²) in [5, 5.41) is 9.08. The average Bonchev–Trinajstić information content (AvgIpc) is 3.45. The van der Waals surface area contributed by atoms with E-state index in [9.17, 15) is 9.59 Å². The number of nitrogens with zero attached hydrogens (tertiary/aromatic N) is 3. The predicted molar refractivity (Wildman–Crippen MR) is 135 cm³/mol. The largest absolute Gasteiger partial charge is 0.369 e. The number of aliphatic imine (C=N–C) groups is 1. The Morgan fingerprint density at radius 1 is 1.21 bits per heavy atom. The molecule has 5 rings (SSSR count). The van der Waals surface area contributed by atoms with Crippen LogP contribution in [0.4, 0.5) is 11.6 Å². The van der Waals surface area contributed by atoms with E-state index in [2.05, 4.69) is 51.7 Å². The minimum absolute atomic E-state index is 0.281. The maximum absolute atomic E-state index is 13.3. The quantitative estimate of drug-likeness (QED) is 0.341. The third-order valence-corrected chi connectivity index (χ3v) is 6.87. The highest BCUT2D eigenvalue weighted by molar-refractivity contribution is 9.10. The summed E-state index contributed by atoms with van der Waals surface area (Å²) in [6.45, 7) is 5.60. The van der Waals surface area contributed by atoms with Crippen molar-refractivity contribution < 1.29 is 9.59 Å². The second kappa shape index (κ2) is 8.73. The van der Waals surface area contributed by atoms with Crippen LogP contribution in [0, 0.1) is 6.92 Å². The number of carbonyl (C=O) groups excluding carboxylic acids is 2. The average molecular weight is 525 g/mol. The molecular formula is C23H25BrN8O2. The van der Waals surface area contributed by atoms with Gasteiger partial charge in [-0.3, -0.25) is 19.9 Å². The van der Waals surface area contributed by atoms with Gasteiger partial charge in [-0.2, -0.15) is 0 Å². The van der Waals surface area contributed by atoms with Crippen LogP contribution >= 0.6 is 15.9 Å². The van der Waals surface area contributed by atoms with Crippen molar-refractivity contribution in [2.75, 3.05) is 36.4 Å². The molecule has 1 saturated heterocycles. The van der Waals surface area contributed by atoms with Gasteiger partial charge in [0.2, 0.25) is 5.95 Å². The lowest BCUT2D eigenvalue weighted by Gasteiger charge is -2.32. The lowest BCUT2D eigenvalue weighted by molar-refractivity contribution is -0.129. The zero-order valence-electron chi connectivity index (χ0n) is 18.6. The number of H-pyrrole nitrogens is 1. The number of primary amides is 1. The third-order valence-electron chi connectivity index (χ3n) is 6.38. The summed E-state index contributed by atoms with van der Waals surface area (Å²) in [6, 6.07) is 10.4. The van der Waals surface area contributed by atoms with Crippen LogP contribution in [0.5, 0.6) is 0 Å². The smallest absolute Gasteiger partial charge is 0.254 e. The van der Waals surface area contributed by atoms with Gasteiger partial charge in [0.15, 0.2) is 11.6 Å². The molecule has 2 atom stereocenters. The first kappa shape index (κ1) is 22.4. The minimum atomic E-state index is -1.51. The van der Waals surface area contributed by atoms with Crippen LogP contribution in [0.1, 0.15) is 11.1 Å². The van der Waals surface area contributed by atoms with E-state index in [4.69, 9.17) is 5.73 Å². The third kappa shape index (κ3) is 3.80. The van der Waals surface area contributed by atoms with Crippen molar-refractivity contribution in [2.24, 2.45) is 10.7 Å². The van der Waals surface area contributed by atoms with E-state index in [-0.39, 0.29) is 5.95 Å². The summed E-state index contributed by atoms with van der Waals surface area (Å²) in [6.07, 6.45) is 1.35. The summed E-state index contributed by atoms with van der Waals surface area (Å²) in [4.78, 5) is 40.3. The first-order chi connectivity index (χ1) is 16.4. The van der Waals surface area contributed by atoms with Gasteiger partial charge < -0.3 is 26.3 Å². The molecule has 6 N–H and O–H groups in total. The fourth-order valence-electron chi connectivity index (χ4n) is 4.61. The summed E-state index contributed by atoms with van der Waals surface area (Å²) < 4.78 is 0.763. The molecule has 3 aromatic rings. The standard InChI is InChI=1S/C23H25BrN8O2/c1-13-2-3-14(24)10-16(13)23(21(25)34)19(27-12-28-23)20(33)31-22-29-17-5-4-15(11-18(17)30-22)32-8-6-26-7-9-32/h2-5,10-12,19,26H,6-9H2,1H3,(H2,25,34)(H,27,28)(H2,29,30,31,33). The molecule has 34 heavy (non-hydrogen) atoms. The first-order valence-corrected chi connectivity index (χ1v) is 11.8. The first-order valence-electron chi connectivity index (χ1n) is 11.0. The van der Waals surface area contributed by atoms with Gasteiger partial charge in [-0.25, -0.2) is 4.98 Å². The maximum atomic E-state index is 13.3. The maximum Gasteiger partial charge on any atom is 0.254 e. The SMILES string of the molecule is Cc1ccc(Br)cc1C1(C(N)=O)NC=NC1C(=O)Nc1nc2ccc(N3CCNCC3)cc2[nH]1. The Hall–Kier alpha value is -3.44. The Labute approximate surface area is 204 Å². The van der Waals surface area contributed by atoms with Gasteiger partial charge in [0.1, 0.15) is 0 Å². The number of rotatable bonds is 5. The van der Waals surface area contributed by atoms with Gasteiger partial charge in [0.05, 0.1) is 17.4 Å². The van der Waals surface area contributed by atoms with E-state index in [0.29, 0.717) is 5.56 Å². The minimum Gasteiger partial charge on any atom is -0.369 e. The number of aromatic amines is 1. The number of imidazole rings is 1. The number of fused-ring (bicyclic) bond motifs is 1. The lowest BCUT2D eigenvalue weighted by Crippen LogP contribution is -2.59. The molecule has 0 saturated carbocycles. The Bertz CT molecular complexity index is 1300. The van der Waals surface area contributed by atoms with Gasteiger partial charge in [0.25, 0.3) is 11.8 Å². The van der Waals surface area contributed by atoms with Crippen molar-refractivity contribution in [1.82, 2.24) is 20.6 Å². The van der Waals surface area contributed by atoms with E-state index < -0.39 is 23.4 Å². The Morgan fingerprint density at radius 3 is 2.76 bits per heavy atom. The number of aromatic nitrogens is 2. The molecule has 2 unspecified atom stereocenters. The highest BCUT2D eigenvalue weighted by Gasteiger charge is 2.53. The van der Waals surface area contributed by atoms with Gasteiger partial charge in [-0.05, 0) is 48.4 Å². The van der Waals surface area contributed by atoms with Crippen molar-refractivity contribution in [3.8, 4) is 0 Å². The second-order valence-electron chi connectivity index (χ2n) is 8.47. The number of piperazine rings is 1. The Balaban J connectivity index is 1.43. The van der Waals surface area contributed by atoms with E-state index in [1.807, 2.05) is 37.3 Å². The Morgan fingerprint density at radius 2 is 2.00 bits per heavy atom. The van der Waals surface area contributed by atoms with Crippen LogP contribution in [0.25, 0.3) is 11.0 Å². The van der Waals surface area contributed by atoms with Crippen LogP contribution in [-0.4, -0.2) is 60.3 Å². The number of nitrogens with one attached hydrogen (secondary N) is 4. The van der Waals surface area contributed by atoms with Crippen molar-refractivity contribution in [1.29, 1.82) is 0 Å². The molecule has 2 aliphatic rings. The molecular weight excluding hydrogens is 500 g/mol. The lowest BCUT2D eigenvalue weighted by atomic mass is 9.80. The molecule has 10 nitrogen and oxygen atoms in total. The molecule has 2 aromatic carbocycles. The topological polar surface area (TPSA) is 141 Å². The molecule has 3 heterocycles. The number of halogens is 1. The van der Waals surface area contributed by atoms with Crippen LogP contribution in [-0.2, 0) is 15.1 Å². The number of amides is 2. The molecule has 0 aliphatic carbocycles. The molecule has 0 spiro atoms. The van der Waals surface area contributed by atoms with Gasteiger partial charge in [0, 0.05) is 36.3 Å². The molecule has 1 fully saturated rings. The summed E-state index contributed by atoms with van der Waals surface area (Å²) in [5.41, 5.74) is 8.35. The number of anilines is 2. The number of nitrogens with two attached hydrogens (primary N) is 1. The predicted octanol–water partition coefficient (Wildman–Crippen LogP) is 1.36. The molecule has 0 bridgehead atoms. The van der Waals surface area contributed by atoms with Crippen molar-refractivity contribution in [3.63, 3.8) is 0 Å². The van der Waals surface area contributed by atoms with Gasteiger partial charge in [-0.15, -0.1) is 0 Å². The van der Waals surface area contributed by atoms with Crippen LogP contribution in [0.3, 0.4) is 0 Å². The van der Waals surface area contributed by atoms with Crippen LogP contribution in [0.15, 0.2) is 45.9 Å². The fourth-order valence-corrected chi connectivity index (χ4v) is 4.97. The highest BCUT2D eigenvalue weighted by atomic mass is 79.9. The van der Waals surface area contributed by atoms with Crippen molar-refractivity contribution in [2.45, 2.75) is 18.5 Å². The van der Waals surface area contributed by atoms with Crippen molar-refractivity contribution >= 4 is 56.8 Å².